The molecule has 2 atom stereocenters. The van der Waals surface area contributed by atoms with Crippen molar-refractivity contribution < 1.29 is 20.1 Å². The van der Waals surface area contributed by atoms with Crippen LogP contribution in [0.5, 0.6) is 0 Å². The Morgan fingerprint density at radius 1 is 1.13 bits per heavy atom. The third kappa shape index (κ3) is 5.31. The standard InChI is InChI=1S/C25H30N2O4/c1-17(21(15-26)23(29)10-11-24(30)25(31)16-28)19-9-8-18-6-5-7-22(20(18)14-19)27-12-3-2-4-13-27/h5-9,14,24-25,28,30-31H,2-4,10-13,16H2,1H3/b21-17+. The lowest BCUT2D eigenvalue weighted by Crippen LogP contribution is -2.29. The van der Waals surface area contributed by atoms with Gasteiger partial charge in [0, 0.05) is 30.6 Å². The van der Waals surface area contributed by atoms with E-state index in [0.717, 1.165) is 29.4 Å². The molecule has 0 amide bonds. The molecule has 1 fully saturated rings. The van der Waals surface area contributed by atoms with E-state index in [2.05, 4.69) is 23.1 Å². The number of hydrogen-bond acceptors (Lipinski definition) is 6. The van der Waals surface area contributed by atoms with Gasteiger partial charge in [-0.3, -0.25) is 4.79 Å². The van der Waals surface area contributed by atoms with Crippen LogP contribution in [0, 0.1) is 11.3 Å². The van der Waals surface area contributed by atoms with Gasteiger partial charge in [0.15, 0.2) is 5.78 Å². The van der Waals surface area contributed by atoms with E-state index >= 15 is 0 Å². The second-order valence-electron chi connectivity index (χ2n) is 8.15. The smallest absolute Gasteiger partial charge is 0.173 e. The van der Waals surface area contributed by atoms with Gasteiger partial charge in [0.1, 0.15) is 12.2 Å². The highest BCUT2D eigenvalue weighted by molar-refractivity contribution is 6.07. The lowest BCUT2D eigenvalue weighted by atomic mass is 9.94. The Labute approximate surface area is 183 Å². The van der Waals surface area contributed by atoms with Crippen LogP contribution in [-0.2, 0) is 4.79 Å². The molecule has 2 aromatic carbocycles. The third-order valence-electron chi connectivity index (χ3n) is 6.05. The van der Waals surface area contributed by atoms with Gasteiger partial charge >= 0.3 is 0 Å². The van der Waals surface area contributed by atoms with Gasteiger partial charge in [-0.05, 0) is 61.3 Å². The molecule has 31 heavy (non-hydrogen) atoms. The Balaban J connectivity index is 1.90. The van der Waals surface area contributed by atoms with E-state index in [9.17, 15) is 20.3 Å². The average molecular weight is 423 g/mol. The van der Waals surface area contributed by atoms with Gasteiger partial charge in [0.2, 0.25) is 0 Å². The van der Waals surface area contributed by atoms with Gasteiger partial charge in [-0.15, -0.1) is 0 Å². The van der Waals surface area contributed by atoms with Crippen molar-refractivity contribution in [1.82, 2.24) is 0 Å². The maximum atomic E-state index is 12.6. The number of carbonyl (C=O) groups is 1. The molecule has 3 N–H and O–H groups in total. The van der Waals surface area contributed by atoms with E-state index < -0.39 is 18.8 Å². The van der Waals surface area contributed by atoms with Crippen LogP contribution < -0.4 is 4.90 Å². The summed E-state index contributed by atoms with van der Waals surface area (Å²) >= 11 is 0. The van der Waals surface area contributed by atoms with Crippen molar-refractivity contribution >= 4 is 27.8 Å². The maximum absolute atomic E-state index is 12.6. The second kappa shape index (κ2) is 10.5. The first-order valence-electron chi connectivity index (χ1n) is 10.9. The summed E-state index contributed by atoms with van der Waals surface area (Å²) in [4.78, 5) is 15.0. The molecule has 0 aromatic heterocycles. The van der Waals surface area contributed by atoms with Crippen LogP contribution in [-0.4, -0.2) is 53.0 Å². The zero-order chi connectivity index (χ0) is 22.4. The molecule has 3 rings (SSSR count). The molecular weight excluding hydrogens is 392 g/mol. The predicted octanol–water partition coefficient (Wildman–Crippen LogP) is 3.19. The molecule has 0 bridgehead atoms. The quantitative estimate of drug-likeness (QED) is 0.446. The largest absolute Gasteiger partial charge is 0.394 e. The van der Waals surface area contributed by atoms with Gasteiger partial charge in [-0.2, -0.15) is 5.26 Å². The van der Waals surface area contributed by atoms with E-state index in [-0.39, 0.29) is 24.2 Å². The Bertz CT molecular complexity index is 1000. The molecule has 1 heterocycles. The van der Waals surface area contributed by atoms with Crippen LogP contribution in [0.2, 0.25) is 0 Å². The molecule has 2 unspecified atom stereocenters. The van der Waals surface area contributed by atoms with Crippen molar-refractivity contribution in [1.29, 1.82) is 5.26 Å². The second-order valence-corrected chi connectivity index (χ2v) is 8.15. The van der Waals surface area contributed by atoms with Gasteiger partial charge in [-0.1, -0.05) is 24.3 Å². The number of aliphatic hydroxyl groups is 3. The minimum atomic E-state index is -1.29. The van der Waals surface area contributed by atoms with Crippen LogP contribution in [0.25, 0.3) is 16.3 Å². The van der Waals surface area contributed by atoms with Crippen molar-refractivity contribution in [3.8, 4) is 6.07 Å². The SMILES string of the molecule is C/C(=C(/C#N)C(=O)CCC(O)C(O)CO)c1ccc2cccc(N3CCCCC3)c2c1. The molecule has 164 valence electrons. The molecule has 0 spiro atoms. The van der Waals surface area contributed by atoms with Crippen LogP contribution in [0.1, 0.15) is 44.6 Å². The van der Waals surface area contributed by atoms with E-state index in [1.807, 2.05) is 24.3 Å². The number of anilines is 1. The number of benzene rings is 2. The van der Waals surface area contributed by atoms with Gasteiger partial charge in [-0.25, -0.2) is 0 Å². The highest BCUT2D eigenvalue weighted by Gasteiger charge is 2.20. The molecule has 0 aliphatic carbocycles. The number of nitriles is 1. The molecule has 2 aromatic rings. The maximum Gasteiger partial charge on any atom is 0.173 e. The van der Waals surface area contributed by atoms with Crippen LogP contribution >= 0.6 is 0 Å². The number of nitrogens with zero attached hydrogens (tertiary/aromatic N) is 2. The van der Waals surface area contributed by atoms with E-state index in [0.29, 0.717) is 5.57 Å². The minimum Gasteiger partial charge on any atom is -0.394 e. The molecule has 0 radical (unpaired) electrons. The monoisotopic (exact) mass is 422 g/mol. The molecule has 0 saturated carbocycles. The summed E-state index contributed by atoms with van der Waals surface area (Å²) in [5, 5.41) is 40.0. The Hall–Kier alpha value is -2.72. The zero-order valence-electron chi connectivity index (χ0n) is 17.9. The van der Waals surface area contributed by atoms with Crippen LogP contribution in [0.4, 0.5) is 5.69 Å². The summed E-state index contributed by atoms with van der Waals surface area (Å²) in [6.07, 6.45) is 1.02. The van der Waals surface area contributed by atoms with Gasteiger partial charge in [0.05, 0.1) is 18.3 Å². The topological polar surface area (TPSA) is 105 Å². The minimum absolute atomic E-state index is 0.0180. The zero-order valence-corrected chi connectivity index (χ0v) is 17.9. The van der Waals surface area contributed by atoms with Crippen molar-refractivity contribution in [3.63, 3.8) is 0 Å². The number of fused-ring (bicyclic) bond motifs is 1. The number of hydrogen-bond donors (Lipinski definition) is 3. The summed E-state index contributed by atoms with van der Waals surface area (Å²) in [6, 6.07) is 14.3. The van der Waals surface area contributed by atoms with E-state index in [1.54, 1.807) is 6.92 Å². The Morgan fingerprint density at radius 2 is 1.87 bits per heavy atom. The number of ketones is 1. The number of carbonyl (C=O) groups excluding carboxylic acids is 1. The summed E-state index contributed by atoms with van der Waals surface area (Å²) in [6.45, 7) is 3.25. The first-order chi connectivity index (χ1) is 15.0. The fourth-order valence-corrected chi connectivity index (χ4v) is 4.12. The highest BCUT2D eigenvalue weighted by atomic mass is 16.4. The van der Waals surface area contributed by atoms with Crippen LogP contribution in [0.3, 0.4) is 0 Å². The van der Waals surface area contributed by atoms with E-state index in [1.165, 1.54) is 24.9 Å². The normalized spacial score (nSPS) is 17.1. The number of allylic oxidation sites excluding steroid dienone is 2. The number of Topliss-reactive ketones (excluding diaryl/α,β-unsaturated/α-hetero) is 1. The number of rotatable bonds is 8. The third-order valence-corrected chi connectivity index (χ3v) is 6.05. The summed E-state index contributed by atoms with van der Waals surface area (Å²) in [7, 11) is 0. The van der Waals surface area contributed by atoms with Gasteiger partial charge < -0.3 is 20.2 Å². The van der Waals surface area contributed by atoms with Gasteiger partial charge in [0.25, 0.3) is 0 Å². The first-order valence-corrected chi connectivity index (χ1v) is 10.9. The lowest BCUT2D eigenvalue weighted by molar-refractivity contribution is -0.116. The van der Waals surface area contributed by atoms with Crippen molar-refractivity contribution in [2.75, 3.05) is 24.6 Å². The Kier molecular flexibility index (Phi) is 7.80. The number of aliphatic hydroxyl groups excluding tert-OH is 3. The molecule has 6 nitrogen and oxygen atoms in total. The van der Waals surface area contributed by atoms with Crippen molar-refractivity contribution in [3.05, 3.63) is 47.5 Å². The number of piperidine rings is 1. The van der Waals surface area contributed by atoms with Crippen LogP contribution in [0.15, 0.2) is 42.0 Å². The fraction of sp³-hybridized carbons (Fsp3) is 0.440. The molecule has 1 aliphatic rings. The first kappa shape index (κ1) is 23.0. The van der Waals surface area contributed by atoms with Crippen molar-refractivity contribution in [2.45, 2.75) is 51.2 Å². The average Bonchev–Trinajstić information content (AvgIpc) is 2.82. The predicted molar refractivity (Wildman–Crippen MR) is 122 cm³/mol. The Morgan fingerprint density at radius 3 is 2.55 bits per heavy atom. The fourth-order valence-electron chi connectivity index (χ4n) is 4.12. The lowest BCUT2D eigenvalue weighted by Gasteiger charge is -2.30. The van der Waals surface area contributed by atoms with Crippen molar-refractivity contribution in [2.24, 2.45) is 0 Å². The van der Waals surface area contributed by atoms with E-state index in [4.69, 9.17) is 5.11 Å². The molecule has 6 heteroatoms. The molecular formula is C25H30N2O4. The summed E-state index contributed by atoms with van der Waals surface area (Å²) < 4.78 is 0. The highest BCUT2D eigenvalue weighted by Crippen LogP contribution is 2.32. The summed E-state index contributed by atoms with van der Waals surface area (Å²) in [5.74, 6) is -0.381. The molecule has 1 saturated heterocycles. The summed E-state index contributed by atoms with van der Waals surface area (Å²) in [5.41, 5.74) is 2.65. The molecule has 1 aliphatic heterocycles.